The lowest BCUT2D eigenvalue weighted by atomic mass is 10.1. The molecule has 0 atom stereocenters. The van der Waals surface area contributed by atoms with Crippen molar-refractivity contribution in [2.75, 3.05) is 27.2 Å². The summed E-state index contributed by atoms with van der Waals surface area (Å²) in [5, 5.41) is 2.75. The molecule has 8 heteroatoms. The number of likely N-dealkylation sites (N-methyl/N-ethyl adjacent to an activating group) is 2. The molecule has 7 nitrogen and oxygen atoms in total. The van der Waals surface area contributed by atoms with E-state index in [4.69, 9.17) is 0 Å². The van der Waals surface area contributed by atoms with Crippen molar-refractivity contribution in [2.24, 2.45) is 0 Å². The van der Waals surface area contributed by atoms with E-state index in [-0.39, 0.29) is 23.9 Å². The number of aryl methyl sites for hydroxylation is 1. The van der Waals surface area contributed by atoms with E-state index in [0.717, 1.165) is 9.87 Å². The molecule has 1 aromatic carbocycles. The average Bonchev–Trinajstić information content (AvgIpc) is 2.45. The molecular formula is C17H27N3O4S. The van der Waals surface area contributed by atoms with Gasteiger partial charge in [-0.2, -0.15) is 4.31 Å². The third kappa shape index (κ3) is 6.47. The first-order valence-corrected chi connectivity index (χ1v) is 9.35. The van der Waals surface area contributed by atoms with E-state index >= 15 is 0 Å². The Balaban J connectivity index is 2.72. The second-order valence-electron chi connectivity index (χ2n) is 7.12. The van der Waals surface area contributed by atoms with Crippen LogP contribution in [0.5, 0.6) is 0 Å². The molecule has 0 saturated carbocycles. The van der Waals surface area contributed by atoms with Crippen molar-refractivity contribution in [1.29, 1.82) is 0 Å². The van der Waals surface area contributed by atoms with Crippen LogP contribution in [-0.4, -0.2) is 62.2 Å². The SMILES string of the molecule is Cc1ccc(S(=O)(=O)N(C)CC(=O)N(C)CC(=O)NC(C)(C)C)cc1. The molecule has 0 aliphatic heterocycles. The van der Waals surface area contributed by atoms with E-state index in [1.807, 2.05) is 27.7 Å². The zero-order valence-electron chi connectivity index (χ0n) is 15.7. The average molecular weight is 369 g/mol. The maximum atomic E-state index is 12.5. The number of benzene rings is 1. The van der Waals surface area contributed by atoms with Crippen LogP contribution >= 0.6 is 0 Å². The zero-order chi connectivity index (χ0) is 19.4. The molecule has 1 N–H and O–H groups in total. The molecule has 1 aromatic rings. The van der Waals surface area contributed by atoms with Gasteiger partial charge in [-0.15, -0.1) is 0 Å². The second-order valence-corrected chi connectivity index (χ2v) is 9.17. The molecule has 0 aromatic heterocycles. The Kier molecular flexibility index (Phi) is 6.73. The Morgan fingerprint density at radius 1 is 1.04 bits per heavy atom. The number of hydrogen-bond acceptors (Lipinski definition) is 4. The Labute approximate surface area is 150 Å². The summed E-state index contributed by atoms with van der Waals surface area (Å²) >= 11 is 0. The van der Waals surface area contributed by atoms with Crippen molar-refractivity contribution < 1.29 is 18.0 Å². The molecule has 0 unspecified atom stereocenters. The van der Waals surface area contributed by atoms with Crippen molar-refractivity contribution in [1.82, 2.24) is 14.5 Å². The Morgan fingerprint density at radius 3 is 2.04 bits per heavy atom. The van der Waals surface area contributed by atoms with E-state index < -0.39 is 21.5 Å². The first-order chi connectivity index (χ1) is 11.3. The van der Waals surface area contributed by atoms with E-state index in [0.29, 0.717) is 0 Å². The van der Waals surface area contributed by atoms with Crippen molar-refractivity contribution in [3.8, 4) is 0 Å². The fourth-order valence-electron chi connectivity index (χ4n) is 2.05. The van der Waals surface area contributed by atoms with Gasteiger partial charge >= 0.3 is 0 Å². The van der Waals surface area contributed by atoms with Crippen LogP contribution in [-0.2, 0) is 19.6 Å². The van der Waals surface area contributed by atoms with E-state index in [2.05, 4.69) is 5.32 Å². The lowest BCUT2D eigenvalue weighted by molar-refractivity contribution is -0.135. The maximum Gasteiger partial charge on any atom is 0.243 e. The maximum absolute atomic E-state index is 12.5. The van der Waals surface area contributed by atoms with Crippen molar-refractivity contribution in [3.63, 3.8) is 0 Å². The quantitative estimate of drug-likeness (QED) is 0.810. The number of nitrogens with one attached hydrogen (secondary N) is 1. The van der Waals surface area contributed by atoms with Crippen LogP contribution in [0.4, 0.5) is 0 Å². The zero-order valence-corrected chi connectivity index (χ0v) is 16.5. The monoisotopic (exact) mass is 369 g/mol. The summed E-state index contributed by atoms with van der Waals surface area (Å²) in [5.74, 6) is -0.755. The molecule has 0 spiro atoms. The highest BCUT2D eigenvalue weighted by Gasteiger charge is 2.25. The summed E-state index contributed by atoms with van der Waals surface area (Å²) in [6.07, 6.45) is 0. The Bertz CT molecular complexity index is 721. The van der Waals surface area contributed by atoms with Crippen molar-refractivity contribution in [3.05, 3.63) is 29.8 Å². The van der Waals surface area contributed by atoms with Gasteiger partial charge in [-0.25, -0.2) is 8.42 Å². The first kappa shape index (κ1) is 21.1. The van der Waals surface area contributed by atoms with Gasteiger partial charge < -0.3 is 10.2 Å². The molecular weight excluding hydrogens is 342 g/mol. The molecule has 0 aliphatic carbocycles. The van der Waals surface area contributed by atoms with Crippen LogP contribution in [0.2, 0.25) is 0 Å². The fourth-order valence-corrected chi connectivity index (χ4v) is 3.17. The van der Waals surface area contributed by atoms with Gasteiger partial charge in [0.25, 0.3) is 0 Å². The lowest BCUT2D eigenvalue weighted by Crippen LogP contribution is -2.48. The number of amides is 2. The van der Waals surface area contributed by atoms with Crippen LogP contribution in [0, 0.1) is 6.92 Å². The molecule has 0 fully saturated rings. The minimum atomic E-state index is -3.76. The van der Waals surface area contributed by atoms with E-state index in [1.165, 1.54) is 31.1 Å². The van der Waals surface area contributed by atoms with Gasteiger partial charge in [0, 0.05) is 19.6 Å². The highest BCUT2D eigenvalue weighted by atomic mass is 32.2. The van der Waals surface area contributed by atoms with Crippen LogP contribution in [0.15, 0.2) is 29.2 Å². The van der Waals surface area contributed by atoms with Crippen molar-refractivity contribution in [2.45, 2.75) is 38.1 Å². The normalized spacial score (nSPS) is 12.1. The third-order valence-electron chi connectivity index (χ3n) is 3.41. The van der Waals surface area contributed by atoms with Crippen LogP contribution in [0.3, 0.4) is 0 Å². The molecule has 25 heavy (non-hydrogen) atoms. The van der Waals surface area contributed by atoms with Gasteiger partial charge in [0.15, 0.2) is 0 Å². The highest BCUT2D eigenvalue weighted by Crippen LogP contribution is 2.15. The van der Waals surface area contributed by atoms with Gasteiger partial charge in [-0.3, -0.25) is 9.59 Å². The minimum absolute atomic E-state index is 0.126. The smallest absolute Gasteiger partial charge is 0.243 e. The molecule has 0 radical (unpaired) electrons. The summed E-state index contributed by atoms with van der Waals surface area (Å²) in [6.45, 7) is 6.92. The summed E-state index contributed by atoms with van der Waals surface area (Å²) in [7, 11) is -0.944. The topological polar surface area (TPSA) is 86.8 Å². The van der Waals surface area contributed by atoms with E-state index in [1.54, 1.807) is 12.1 Å². The van der Waals surface area contributed by atoms with Crippen molar-refractivity contribution >= 4 is 21.8 Å². The second kappa shape index (κ2) is 7.97. The number of nitrogens with zero attached hydrogens (tertiary/aromatic N) is 2. The van der Waals surface area contributed by atoms with E-state index in [9.17, 15) is 18.0 Å². The Morgan fingerprint density at radius 2 is 1.56 bits per heavy atom. The molecule has 1 rings (SSSR count). The van der Waals surface area contributed by atoms with Gasteiger partial charge in [0.1, 0.15) is 0 Å². The molecule has 0 bridgehead atoms. The molecule has 0 heterocycles. The first-order valence-electron chi connectivity index (χ1n) is 7.91. The number of sulfonamides is 1. The van der Waals surface area contributed by atoms with Gasteiger partial charge in [-0.05, 0) is 39.8 Å². The summed E-state index contributed by atoms with van der Waals surface area (Å²) < 4.78 is 26.0. The Hall–Kier alpha value is -1.93. The lowest BCUT2D eigenvalue weighted by Gasteiger charge is -2.24. The summed E-state index contributed by atoms with van der Waals surface area (Å²) in [6, 6.07) is 6.41. The predicted molar refractivity (Wildman–Crippen MR) is 96.5 cm³/mol. The molecule has 0 saturated heterocycles. The number of hydrogen-bond donors (Lipinski definition) is 1. The van der Waals surface area contributed by atoms with Crippen LogP contribution in [0.1, 0.15) is 26.3 Å². The molecule has 0 aliphatic rings. The highest BCUT2D eigenvalue weighted by molar-refractivity contribution is 7.89. The van der Waals surface area contributed by atoms with Gasteiger partial charge in [0.2, 0.25) is 21.8 Å². The van der Waals surface area contributed by atoms with Crippen LogP contribution in [0.25, 0.3) is 0 Å². The number of rotatable bonds is 6. The van der Waals surface area contributed by atoms with Crippen LogP contribution < -0.4 is 5.32 Å². The summed E-state index contributed by atoms with van der Waals surface area (Å²) in [5.41, 5.74) is 0.550. The fraction of sp³-hybridized carbons (Fsp3) is 0.529. The molecule has 2 amide bonds. The third-order valence-corrected chi connectivity index (χ3v) is 5.23. The molecule has 140 valence electrons. The predicted octanol–water partition coefficient (Wildman–Crippen LogP) is 0.989. The largest absolute Gasteiger partial charge is 0.350 e. The summed E-state index contributed by atoms with van der Waals surface area (Å²) in [4.78, 5) is 25.4. The standard InChI is InChI=1S/C17H27N3O4S/c1-13-7-9-14(10-8-13)25(23,24)20(6)12-16(22)19(5)11-15(21)18-17(2,3)4/h7-10H,11-12H2,1-6H3,(H,18,21). The van der Waals surface area contributed by atoms with Gasteiger partial charge in [-0.1, -0.05) is 17.7 Å². The number of carbonyl (C=O) groups excluding carboxylic acids is 2. The number of carbonyl (C=O) groups is 2. The minimum Gasteiger partial charge on any atom is -0.350 e. The van der Waals surface area contributed by atoms with Gasteiger partial charge in [0.05, 0.1) is 18.0 Å².